The summed E-state index contributed by atoms with van der Waals surface area (Å²) < 4.78 is 6.91. The Hall–Kier alpha value is -0.910. The fourth-order valence-corrected chi connectivity index (χ4v) is 2.31. The van der Waals surface area contributed by atoms with Gasteiger partial charge in [-0.1, -0.05) is 0 Å². The molecule has 1 aromatic heterocycles. The molecule has 0 saturated carbocycles. The van der Waals surface area contributed by atoms with Crippen molar-refractivity contribution in [3.8, 4) is 0 Å². The van der Waals surface area contributed by atoms with Gasteiger partial charge in [0.2, 0.25) is 0 Å². The SMILES string of the molecule is CCn1nc(C)c(C(C)NCC(O)COC)c1C. The zero-order valence-electron chi connectivity index (χ0n) is 12.0. The molecule has 2 atom stereocenters. The Balaban J connectivity index is 2.66. The number of aromatic nitrogens is 2. The van der Waals surface area contributed by atoms with E-state index in [1.165, 1.54) is 11.3 Å². The van der Waals surface area contributed by atoms with Crippen molar-refractivity contribution in [1.82, 2.24) is 15.1 Å². The molecule has 0 fully saturated rings. The predicted octanol–water partition coefficient (Wildman–Crippen LogP) is 1.18. The van der Waals surface area contributed by atoms with Crippen LogP contribution in [0.15, 0.2) is 0 Å². The summed E-state index contributed by atoms with van der Waals surface area (Å²) in [6, 6.07) is 0.178. The van der Waals surface area contributed by atoms with E-state index in [1.54, 1.807) is 7.11 Å². The minimum absolute atomic E-state index is 0.178. The van der Waals surface area contributed by atoms with Crippen molar-refractivity contribution in [2.24, 2.45) is 0 Å². The summed E-state index contributed by atoms with van der Waals surface area (Å²) in [5, 5.41) is 17.4. The third kappa shape index (κ3) is 3.54. The largest absolute Gasteiger partial charge is 0.389 e. The lowest BCUT2D eigenvalue weighted by molar-refractivity contribution is 0.0630. The van der Waals surface area contributed by atoms with E-state index < -0.39 is 6.10 Å². The second-order valence-electron chi connectivity index (χ2n) is 4.64. The molecule has 18 heavy (non-hydrogen) atoms. The third-order valence-electron chi connectivity index (χ3n) is 3.19. The van der Waals surface area contributed by atoms with E-state index in [1.807, 2.05) is 11.6 Å². The predicted molar refractivity (Wildman–Crippen MR) is 71.7 cm³/mol. The summed E-state index contributed by atoms with van der Waals surface area (Å²) in [7, 11) is 1.59. The first-order valence-corrected chi connectivity index (χ1v) is 6.45. The zero-order chi connectivity index (χ0) is 13.7. The number of methoxy groups -OCH3 is 1. The Morgan fingerprint density at radius 3 is 2.61 bits per heavy atom. The molecule has 0 spiro atoms. The molecule has 1 aromatic rings. The number of nitrogens with one attached hydrogen (secondary N) is 1. The van der Waals surface area contributed by atoms with Crippen molar-refractivity contribution in [1.29, 1.82) is 0 Å². The molecule has 0 amide bonds. The number of aryl methyl sites for hydroxylation is 2. The first-order chi connectivity index (χ1) is 8.51. The summed E-state index contributed by atoms with van der Waals surface area (Å²) in [5.41, 5.74) is 3.47. The minimum Gasteiger partial charge on any atom is -0.389 e. The van der Waals surface area contributed by atoms with Crippen LogP contribution in [0.4, 0.5) is 0 Å². The minimum atomic E-state index is -0.473. The Morgan fingerprint density at radius 1 is 1.44 bits per heavy atom. The highest BCUT2D eigenvalue weighted by Gasteiger charge is 2.17. The summed E-state index contributed by atoms with van der Waals surface area (Å²) in [5.74, 6) is 0. The van der Waals surface area contributed by atoms with E-state index >= 15 is 0 Å². The normalized spacial score (nSPS) is 14.8. The number of nitrogens with zero attached hydrogens (tertiary/aromatic N) is 2. The second-order valence-corrected chi connectivity index (χ2v) is 4.64. The van der Waals surface area contributed by atoms with Crippen molar-refractivity contribution in [3.63, 3.8) is 0 Å². The van der Waals surface area contributed by atoms with Crippen molar-refractivity contribution in [3.05, 3.63) is 17.0 Å². The van der Waals surface area contributed by atoms with Crippen LogP contribution in [-0.2, 0) is 11.3 Å². The molecule has 0 aliphatic carbocycles. The molecule has 0 saturated heterocycles. The first-order valence-electron chi connectivity index (χ1n) is 6.45. The van der Waals surface area contributed by atoms with Crippen LogP contribution in [0, 0.1) is 13.8 Å². The highest BCUT2D eigenvalue weighted by atomic mass is 16.5. The first kappa shape index (κ1) is 15.1. The molecular weight excluding hydrogens is 230 g/mol. The van der Waals surface area contributed by atoms with Crippen LogP contribution in [0.3, 0.4) is 0 Å². The quantitative estimate of drug-likeness (QED) is 0.768. The molecule has 2 N–H and O–H groups in total. The monoisotopic (exact) mass is 255 g/mol. The van der Waals surface area contributed by atoms with Crippen LogP contribution in [0.5, 0.6) is 0 Å². The van der Waals surface area contributed by atoms with Gasteiger partial charge < -0.3 is 15.2 Å². The van der Waals surface area contributed by atoms with Crippen LogP contribution in [-0.4, -0.2) is 41.3 Å². The highest BCUT2D eigenvalue weighted by molar-refractivity contribution is 5.27. The highest BCUT2D eigenvalue weighted by Crippen LogP contribution is 2.21. The zero-order valence-corrected chi connectivity index (χ0v) is 12.0. The standard InChI is InChI=1S/C13H25N3O2/c1-6-16-11(4)13(10(3)15-16)9(2)14-7-12(17)8-18-5/h9,12,14,17H,6-8H2,1-5H3. The van der Waals surface area contributed by atoms with E-state index in [0.29, 0.717) is 13.2 Å². The molecule has 1 heterocycles. The van der Waals surface area contributed by atoms with E-state index in [4.69, 9.17) is 4.74 Å². The van der Waals surface area contributed by atoms with E-state index in [9.17, 15) is 5.11 Å². The molecule has 0 aliphatic heterocycles. The molecule has 0 aromatic carbocycles. The van der Waals surface area contributed by atoms with Crippen LogP contribution in [0.1, 0.15) is 36.8 Å². The van der Waals surface area contributed by atoms with Gasteiger partial charge in [0.25, 0.3) is 0 Å². The van der Waals surface area contributed by atoms with Crippen LogP contribution in [0.25, 0.3) is 0 Å². The lowest BCUT2D eigenvalue weighted by Crippen LogP contribution is -2.32. The second kappa shape index (κ2) is 6.87. The average Bonchev–Trinajstić information content (AvgIpc) is 2.61. The van der Waals surface area contributed by atoms with Gasteiger partial charge in [-0.25, -0.2) is 0 Å². The average molecular weight is 255 g/mol. The molecule has 1 rings (SSSR count). The van der Waals surface area contributed by atoms with Gasteiger partial charge >= 0.3 is 0 Å². The Kier molecular flexibility index (Phi) is 5.78. The maximum absolute atomic E-state index is 9.63. The summed E-state index contributed by atoms with van der Waals surface area (Å²) in [4.78, 5) is 0. The molecule has 5 nitrogen and oxygen atoms in total. The van der Waals surface area contributed by atoms with Crippen molar-refractivity contribution < 1.29 is 9.84 Å². The molecular formula is C13H25N3O2. The van der Waals surface area contributed by atoms with Gasteiger partial charge in [0.05, 0.1) is 18.4 Å². The number of hydrogen-bond donors (Lipinski definition) is 2. The maximum Gasteiger partial charge on any atom is 0.0897 e. The van der Waals surface area contributed by atoms with Crippen LogP contribution in [0.2, 0.25) is 0 Å². The van der Waals surface area contributed by atoms with Gasteiger partial charge in [-0.2, -0.15) is 5.10 Å². The molecule has 104 valence electrons. The third-order valence-corrected chi connectivity index (χ3v) is 3.19. The molecule has 2 unspecified atom stereocenters. The van der Waals surface area contributed by atoms with Crippen LogP contribution < -0.4 is 5.32 Å². The molecule has 5 heteroatoms. The van der Waals surface area contributed by atoms with E-state index in [2.05, 4.69) is 31.2 Å². The summed E-state index contributed by atoms with van der Waals surface area (Å²) in [6.07, 6.45) is -0.473. The van der Waals surface area contributed by atoms with Gasteiger partial charge in [-0.15, -0.1) is 0 Å². The summed E-state index contributed by atoms with van der Waals surface area (Å²) in [6.45, 7) is 10.0. The van der Waals surface area contributed by atoms with Gasteiger partial charge in [-0.3, -0.25) is 4.68 Å². The van der Waals surface area contributed by atoms with Gasteiger partial charge in [0.15, 0.2) is 0 Å². The fourth-order valence-electron chi connectivity index (χ4n) is 2.31. The number of hydrogen-bond acceptors (Lipinski definition) is 4. The summed E-state index contributed by atoms with van der Waals surface area (Å²) >= 11 is 0. The van der Waals surface area contributed by atoms with Gasteiger partial charge in [-0.05, 0) is 27.7 Å². The van der Waals surface area contributed by atoms with Gasteiger partial charge in [0, 0.05) is 37.5 Å². The van der Waals surface area contributed by atoms with Crippen molar-refractivity contribution in [2.75, 3.05) is 20.3 Å². The lowest BCUT2D eigenvalue weighted by Gasteiger charge is -2.17. The Morgan fingerprint density at radius 2 is 2.11 bits per heavy atom. The number of rotatable bonds is 7. The fraction of sp³-hybridized carbons (Fsp3) is 0.769. The molecule has 0 aliphatic rings. The molecule has 0 radical (unpaired) electrons. The maximum atomic E-state index is 9.63. The number of ether oxygens (including phenoxy) is 1. The van der Waals surface area contributed by atoms with Crippen molar-refractivity contribution >= 4 is 0 Å². The van der Waals surface area contributed by atoms with Crippen molar-refractivity contribution in [2.45, 2.75) is 46.4 Å². The lowest BCUT2D eigenvalue weighted by atomic mass is 10.1. The topological polar surface area (TPSA) is 59.3 Å². The van der Waals surface area contributed by atoms with Gasteiger partial charge in [0.1, 0.15) is 0 Å². The van der Waals surface area contributed by atoms with E-state index in [0.717, 1.165) is 12.2 Å². The molecule has 0 bridgehead atoms. The number of aliphatic hydroxyl groups excluding tert-OH is 1. The number of aliphatic hydroxyl groups is 1. The Labute approximate surface area is 109 Å². The Bertz CT molecular complexity index is 377. The van der Waals surface area contributed by atoms with E-state index in [-0.39, 0.29) is 6.04 Å². The smallest absolute Gasteiger partial charge is 0.0897 e. The van der Waals surface area contributed by atoms with Crippen LogP contribution >= 0.6 is 0 Å².